The SMILES string of the molecule is Cc1ncc(CNCC(C)C)n1Cc1ccc(Cl)cc1Cl. The van der Waals surface area contributed by atoms with Crippen molar-refractivity contribution in [2.75, 3.05) is 6.54 Å². The van der Waals surface area contributed by atoms with Crippen LogP contribution in [0.5, 0.6) is 0 Å². The molecule has 3 nitrogen and oxygen atoms in total. The zero-order chi connectivity index (χ0) is 15.4. The highest BCUT2D eigenvalue weighted by atomic mass is 35.5. The van der Waals surface area contributed by atoms with E-state index in [0.717, 1.165) is 24.5 Å². The third-order valence-electron chi connectivity index (χ3n) is 3.34. The molecule has 0 fully saturated rings. The lowest BCUT2D eigenvalue weighted by atomic mass is 10.2. The lowest BCUT2D eigenvalue weighted by molar-refractivity contribution is 0.537. The van der Waals surface area contributed by atoms with Crippen LogP contribution in [-0.2, 0) is 13.1 Å². The molecule has 1 N–H and O–H groups in total. The van der Waals surface area contributed by atoms with Crippen molar-refractivity contribution in [1.82, 2.24) is 14.9 Å². The Morgan fingerprint density at radius 2 is 2.05 bits per heavy atom. The molecule has 0 aliphatic heterocycles. The molecule has 114 valence electrons. The van der Waals surface area contributed by atoms with Crippen LogP contribution in [0.3, 0.4) is 0 Å². The minimum Gasteiger partial charge on any atom is -0.327 e. The van der Waals surface area contributed by atoms with E-state index >= 15 is 0 Å². The minimum absolute atomic E-state index is 0.633. The molecule has 0 aliphatic carbocycles. The topological polar surface area (TPSA) is 29.9 Å². The van der Waals surface area contributed by atoms with E-state index in [1.54, 1.807) is 6.07 Å². The lowest BCUT2D eigenvalue weighted by Crippen LogP contribution is -2.21. The molecule has 0 radical (unpaired) electrons. The number of imidazole rings is 1. The van der Waals surface area contributed by atoms with Gasteiger partial charge < -0.3 is 9.88 Å². The van der Waals surface area contributed by atoms with Crippen LogP contribution in [-0.4, -0.2) is 16.1 Å². The Kier molecular flexibility index (Phi) is 5.68. The molecular formula is C16H21Cl2N3. The zero-order valence-electron chi connectivity index (χ0n) is 12.7. The van der Waals surface area contributed by atoms with Crippen molar-refractivity contribution in [3.63, 3.8) is 0 Å². The number of nitrogens with one attached hydrogen (secondary N) is 1. The van der Waals surface area contributed by atoms with Crippen LogP contribution in [0, 0.1) is 12.8 Å². The first-order valence-corrected chi connectivity index (χ1v) is 7.88. The second-order valence-electron chi connectivity index (χ2n) is 5.64. The van der Waals surface area contributed by atoms with Crippen LogP contribution < -0.4 is 5.32 Å². The Morgan fingerprint density at radius 1 is 1.29 bits per heavy atom. The third-order valence-corrected chi connectivity index (χ3v) is 3.93. The first-order chi connectivity index (χ1) is 9.97. The van der Waals surface area contributed by atoms with Gasteiger partial charge in [0.25, 0.3) is 0 Å². The second kappa shape index (κ2) is 7.30. The molecule has 1 aromatic carbocycles. The van der Waals surface area contributed by atoms with E-state index in [9.17, 15) is 0 Å². The average Bonchev–Trinajstić information content (AvgIpc) is 2.74. The van der Waals surface area contributed by atoms with Gasteiger partial charge in [-0.25, -0.2) is 4.98 Å². The van der Waals surface area contributed by atoms with Crippen molar-refractivity contribution in [2.45, 2.75) is 33.9 Å². The van der Waals surface area contributed by atoms with Crippen molar-refractivity contribution >= 4 is 23.2 Å². The van der Waals surface area contributed by atoms with Crippen molar-refractivity contribution in [1.29, 1.82) is 0 Å². The number of rotatable bonds is 6. The van der Waals surface area contributed by atoms with Crippen LogP contribution in [0.15, 0.2) is 24.4 Å². The van der Waals surface area contributed by atoms with Crippen molar-refractivity contribution < 1.29 is 0 Å². The zero-order valence-corrected chi connectivity index (χ0v) is 14.2. The van der Waals surface area contributed by atoms with Crippen molar-refractivity contribution in [3.8, 4) is 0 Å². The Bertz CT molecular complexity index is 606. The number of aromatic nitrogens is 2. The highest BCUT2D eigenvalue weighted by molar-refractivity contribution is 6.35. The van der Waals surface area contributed by atoms with E-state index in [1.165, 1.54) is 5.69 Å². The van der Waals surface area contributed by atoms with Gasteiger partial charge in [0.15, 0.2) is 0 Å². The summed E-state index contributed by atoms with van der Waals surface area (Å²) in [5.41, 5.74) is 2.21. The summed E-state index contributed by atoms with van der Waals surface area (Å²) in [6.07, 6.45) is 1.92. The normalized spacial score (nSPS) is 11.3. The van der Waals surface area contributed by atoms with Gasteiger partial charge in [-0.05, 0) is 37.1 Å². The highest BCUT2D eigenvalue weighted by Crippen LogP contribution is 2.22. The molecule has 2 rings (SSSR count). The largest absolute Gasteiger partial charge is 0.327 e. The van der Waals surface area contributed by atoms with E-state index in [0.29, 0.717) is 22.5 Å². The molecule has 0 bridgehead atoms. The number of nitrogens with zero attached hydrogens (tertiary/aromatic N) is 2. The summed E-state index contributed by atoms with van der Waals surface area (Å²) in [5.74, 6) is 1.62. The second-order valence-corrected chi connectivity index (χ2v) is 6.49. The minimum atomic E-state index is 0.633. The number of halogens is 2. The molecule has 0 unspecified atom stereocenters. The molecular weight excluding hydrogens is 305 g/mol. The van der Waals surface area contributed by atoms with Crippen LogP contribution in [0.25, 0.3) is 0 Å². The van der Waals surface area contributed by atoms with Gasteiger partial charge in [-0.2, -0.15) is 0 Å². The summed E-state index contributed by atoms with van der Waals surface area (Å²) in [7, 11) is 0. The van der Waals surface area contributed by atoms with Gasteiger partial charge in [0.05, 0.1) is 12.2 Å². The molecule has 0 aliphatic rings. The van der Waals surface area contributed by atoms with Gasteiger partial charge in [-0.3, -0.25) is 0 Å². The number of benzene rings is 1. The van der Waals surface area contributed by atoms with Crippen LogP contribution in [0.1, 0.15) is 30.9 Å². The molecule has 0 spiro atoms. The molecule has 1 heterocycles. The Balaban J connectivity index is 2.13. The van der Waals surface area contributed by atoms with E-state index in [2.05, 4.69) is 28.7 Å². The van der Waals surface area contributed by atoms with Crippen LogP contribution >= 0.6 is 23.2 Å². The molecule has 0 amide bonds. The number of hydrogen-bond donors (Lipinski definition) is 1. The summed E-state index contributed by atoms with van der Waals surface area (Å²) in [6, 6.07) is 5.61. The first-order valence-electron chi connectivity index (χ1n) is 7.13. The first kappa shape index (κ1) is 16.3. The fourth-order valence-electron chi connectivity index (χ4n) is 2.18. The maximum Gasteiger partial charge on any atom is 0.106 e. The molecule has 5 heteroatoms. The molecule has 21 heavy (non-hydrogen) atoms. The van der Waals surface area contributed by atoms with Crippen molar-refractivity contribution in [2.24, 2.45) is 5.92 Å². The van der Waals surface area contributed by atoms with Gasteiger partial charge >= 0.3 is 0 Å². The molecule has 0 saturated heterocycles. The molecule has 0 atom stereocenters. The quantitative estimate of drug-likeness (QED) is 0.858. The molecule has 0 saturated carbocycles. The predicted molar refractivity (Wildman–Crippen MR) is 89.1 cm³/mol. The van der Waals surface area contributed by atoms with Crippen LogP contribution in [0.4, 0.5) is 0 Å². The average molecular weight is 326 g/mol. The maximum absolute atomic E-state index is 6.26. The summed E-state index contributed by atoms with van der Waals surface area (Å²) >= 11 is 12.2. The fraction of sp³-hybridized carbons (Fsp3) is 0.438. The lowest BCUT2D eigenvalue weighted by Gasteiger charge is -2.13. The summed E-state index contributed by atoms with van der Waals surface area (Å²) in [4.78, 5) is 4.41. The van der Waals surface area contributed by atoms with E-state index in [-0.39, 0.29) is 0 Å². The summed E-state index contributed by atoms with van der Waals surface area (Å²) in [6.45, 7) is 8.92. The molecule has 2 aromatic rings. The third kappa shape index (κ3) is 4.47. The Morgan fingerprint density at radius 3 is 2.71 bits per heavy atom. The van der Waals surface area contributed by atoms with Gasteiger partial charge in [0.1, 0.15) is 5.82 Å². The van der Waals surface area contributed by atoms with Gasteiger partial charge in [-0.1, -0.05) is 43.1 Å². The smallest absolute Gasteiger partial charge is 0.106 e. The van der Waals surface area contributed by atoms with E-state index in [1.807, 2.05) is 25.3 Å². The van der Waals surface area contributed by atoms with Gasteiger partial charge in [0.2, 0.25) is 0 Å². The standard InChI is InChI=1S/C16H21Cl2N3/c1-11(2)7-19-8-15-9-20-12(3)21(15)10-13-4-5-14(17)6-16(13)18/h4-6,9,11,19H,7-8,10H2,1-3H3. The predicted octanol–water partition coefficient (Wildman–Crippen LogP) is 4.29. The molecule has 1 aromatic heterocycles. The number of aryl methyl sites for hydroxylation is 1. The van der Waals surface area contributed by atoms with Crippen LogP contribution in [0.2, 0.25) is 10.0 Å². The highest BCUT2D eigenvalue weighted by Gasteiger charge is 2.09. The Labute approximate surface area is 136 Å². The van der Waals surface area contributed by atoms with Gasteiger partial charge in [-0.15, -0.1) is 0 Å². The van der Waals surface area contributed by atoms with Gasteiger partial charge in [0, 0.05) is 22.8 Å². The van der Waals surface area contributed by atoms with E-state index < -0.39 is 0 Å². The monoisotopic (exact) mass is 325 g/mol. The summed E-state index contributed by atoms with van der Waals surface area (Å²) in [5, 5.41) is 4.80. The summed E-state index contributed by atoms with van der Waals surface area (Å²) < 4.78 is 2.18. The Hall–Kier alpha value is -1.03. The maximum atomic E-state index is 6.26. The van der Waals surface area contributed by atoms with Crippen molar-refractivity contribution in [3.05, 3.63) is 51.5 Å². The van der Waals surface area contributed by atoms with E-state index in [4.69, 9.17) is 23.2 Å². The fourth-order valence-corrected chi connectivity index (χ4v) is 2.65. The number of hydrogen-bond acceptors (Lipinski definition) is 2.